The van der Waals surface area contributed by atoms with E-state index in [-0.39, 0.29) is 0 Å². The number of anilines is 1. The van der Waals surface area contributed by atoms with Crippen LogP contribution in [0.4, 0.5) is 5.69 Å². The Morgan fingerprint density at radius 1 is 1.23 bits per heavy atom. The van der Waals surface area contributed by atoms with Crippen molar-refractivity contribution >= 4 is 22.7 Å². The van der Waals surface area contributed by atoms with Gasteiger partial charge in [-0.2, -0.15) is 5.10 Å². The molecule has 0 bridgehead atoms. The van der Waals surface area contributed by atoms with Crippen molar-refractivity contribution in [2.45, 2.75) is 13.3 Å². The summed E-state index contributed by atoms with van der Waals surface area (Å²) in [5.74, 6) is 0. The number of nitrogens with one attached hydrogen (secondary N) is 1. The summed E-state index contributed by atoms with van der Waals surface area (Å²) in [5, 5.41) is 5.39. The van der Waals surface area contributed by atoms with Crippen LogP contribution in [0.5, 0.6) is 0 Å². The highest BCUT2D eigenvalue weighted by atomic mass is 32.1. The molecule has 0 amide bonds. The molecule has 0 atom stereocenters. The van der Waals surface area contributed by atoms with Crippen LogP contribution in [0.15, 0.2) is 41.8 Å². The van der Waals surface area contributed by atoms with Gasteiger partial charge < -0.3 is 10.3 Å². The number of rotatable bonds is 3. The van der Waals surface area contributed by atoms with E-state index in [0.717, 1.165) is 56.9 Å². The molecule has 3 aromatic rings. The molecule has 1 aliphatic rings. The Morgan fingerprint density at radius 2 is 2.12 bits per heavy atom. The van der Waals surface area contributed by atoms with Gasteiger partial charge in [-0.05, 0) is 31.2 Å². The second-order valence-electron chi connectivity index (χ2n) is 6.19. The largest absolute Gasteiger partial charge is 0.372 e. The molecule has 0 aliphatic carbocycles. The van der Waals surface area contributed by atoms with Crippen molar-refractivity contribution in [1.82, 2.24) is 20.4 Å². The molecule has 1 N–H and O–H groups in total. The third-order valence-electron chi connectivity index (χ3n) is 4.43. The zero-order valence-electron chi connectivity index (χ0n) is 15.0. The number of fused-ring (bicyclic) bond motifs is 1. The van der Waals surface area contributed by atoms with Gasteiger partial charge in [0.25, 0.3) is 0 Å². The standard InChI is InChI=1S/C19H20N6S/c1-12-18(26-19(22-12)13-5-4-9-21-11-13)15-6-7-16-17(23-15)14(24-20-2)8-10-25(16)3/h4-7,9,11,20H,8,10H2,1-3H3/b24-14+. The first-order valence-electron chi connectivity index (χ1n) is 8.51. The molecule has 132 valence electrons. The van der Waals surface area contributed by atoms with Gasteiger partial charge in [0, 0.05) is 45.0 Å². The average Bonchev–Trinajstić information content (AvgIpc) is 3.06. The van der Waals surface area contributed by atoms with Gasteiger partial charge in [-0.25, -0.2) is 9.97 Å². The predicted molar refractivity (Wildman–Crippen MR) is 107 cm³/mol. The molecule has 4 heterocycles. The van der Waals surface area contributed by atoms with E-state index < -0.39 is 0 Å². The van der Waals surface area contributed by atoms with Crippen molar-refractivity contribution in [1.29, 1.82) is 0 Å². The lowest BCUT2D eigenvalue weighted by Crippen LogP contribution is -2.30. The molecule has 0 unspecified atom stereocenters. The van der Waals surface area contributed by atoms with Crippen LogP contribution >= 0.6 is 11.3 Å². The molecule has 0 spiro atoms. The lowest BCUT2D eigenvalue weighted by atomic mass is 10.0. The highest BCUT2D eigenvalue weighted by Crippen LogP contribution is 2.36. The minimum atomic E-state index is 0.878. The van der Waals surface area contributed by atoms with E-state index in [2.05, 4.69) is 39.6 Å². The quantitative estimate of drug-likeness (QED) is 0.722. The Balaban J connectivity index is 1.79. The fourth-order valence-corrected chi connectivity index (χ4v) is 4.13. The van der Waals surface area contributed by atoms with Crippen molar-refractivity contribution in [3.8, 4) is 21.1 Å². The number of hydrazone groups is 1. The van der Waals surface area contributed by atoms with Gasteiger partial charge in [0.2, 0.25) is 0 Å². The Morgan fingerprint density at radius 3 is 2.88 bits per heavy atom. The summed E-state index contributed by atoms with van der Waals surface area (Å²) in [6.07, 6.45) is 4.49. The molecule has 4 rings (SSSR count). The van der Waals surface area contributed by atoms with E-state index in [1.165, 1.54) is 0 Å². The Bertz CT molecular complexity index is 963. The molecular formula is C19H20N6S. The fraction of sp³-hybridized carbons (Fsp3) is 0.263. The molecule has 0 saturated heterocycles. The zero-order chi connectivity index (χ0) is 18.1. The molecule has 6 nitrogen and oxygen atoms in total. The van der Waals surface area contributed by atoms with Gasteiger partial charge in [-0.3, -0.25) is 4.98 Å². The SMILES string of the molecule is CN/N=C1\CCN(C)c2ccc(-c3sc(-c4cccnc4)nc3C)nc21. The number of thiazole rings is 1. The van der Waals surface area contributed by atoms with Crippen LogP contribution in [-0.4, -0.2) is 41.3 Å². The summed E-state index contributed by atoms with van der Waals surface area (Å²) in [6, 6.07) is 8.16. The minimum absolute atomic E-state index is 0.878. The van der Waals surface area contributed by atoms with E-state index in [1.54, 1.807) is 17.5 Å². The van der Waals surface area contributed by atoms with Gasteiger partial charge in [-0.15, -0.1) is 11.3 Å². The number of pyridine rings is 2. The van der Waals surface area contributed by atoms with Crippen LogP contribution in [0.2, 0.25) is 0 Å². The second-order valence-corrected chi connectivity index (χ2v) is 7.19. The van der Waals surface area contributed by atoms with Crippen LogP contribution in [0.1, 0.15) is 17.8 Å². The van der Waals surface area contributed by atoms with Crippen molar-refractivity contribution in [2.75, 3.05) is 25.5 Å². The summed E-state index contributed by atoms with van der Waals surface area (Å²) < 4.78 is 0. The number of aromatic nitrogens is 3. The van der Waals surface area contributed by atoms with Gasteiger partial charge >= 0.3 is 0 Å². The first kappa shape index (κ1) is 16.7. The minimum Gasteiger partial charge on any atom is -0.372 e. The monoisotopic (exact) mass is 364 g/mol. The molecule has 0 radical (unpaired) electrons. The van der Waals surface area contributed by atoms with E-state index in [9.17, 15) is 0 Å². The highest BCUT2D eigenvalue weighted by molar-refractivity contribution is 7.18. The third-order valence-corrected chi connectivity index (χ3v) is 5.66. The summed E-state index contributed by atoms with van der Waals surface area (Å²) in [4.78, 5) is 17.2. The van der Waals surface area contributed by atoms with Crippen LogP contribution in [0.3, 0.4) is 0 Å². The molecule has 26 heavy (non-hydrogen) atoms. The van der Waals surface area contributed by atoms with E-state index in [1.807, 2.05) is 32.3 Å². The fourth-order valence-electron chi connectivity index (χ4n) is 3.10. The summed E-state index contributed by atoms with van der Waals surface area (Å²) in [5.41, 5.74) is 8.91. The topological polar surface area (TPSA) is 66.3 Å². The summed E-state index contributed by atoms with van der Waals surface area (Å²) in [6.45, 7) is 2.97. The van der Waals surface area contributed by atoms with E-state index >= 15 is 0 Å². The van der Waals surface area contributed by atoms with Gasteiger partial charge in [0.1, 0.15) is 10.7 Å². The number of hydrogen-bond donors (Lipinski definition) is 1. The molecule has 0 aromatic carbocycles. The van der Waals surface area contributed by atoms with Gasteiger partial charge in [-0.1, -0.05) is 0 Å². The maximum absolute atomic E-state index is 4.94. The second kappa shape index (κ2) is 6.84. The van der Waals surface area contributed by atoms with Crippen LogP contribution in [0.25, 0.3) is 21.1 Å². The van der Waals surface area contributed by atoms with Gasteiger partial charge in [0.15, 0.2) is 0 Å². The smallest absolute Gasteiger partial charge is 0.125 e. The van der Waals surface area contributed by atoms with Gasteiger partial charge in [0.05, 0.1) is 27.7 Å². The lowest BCUT2D eigenvalue weighted by Gasteiger charge is -2.27. The summed E-state index contributed by atoms with van der Waals surface area (Å²) in [7, 11) is 3.91. The first-order chi connectivity index (χ1) is 12.7. The Labute approximate surface area is 156 Å². The molecule has 0 fully saturated rings. The highest BCUT2D eigenvalue weighted by Gasteiger charge is 2.23. The zero-order valence-corrected chi connectivity index (χ0v) is 15.8. The molecule has 0 saturated carbocycles. The predicted octanol–water partition coefficient (Wildman–Crippen LogP) is 3.34. The number of aryl methyl sites for hydroxylation is 1. The molecule has 7 heteroatoms. The normalized spacial score (nSPS) is 15.2. The Kier molecular flexibility index (Phi) is 4.38. The summed E-state index contributed by atoms with van der Waals surface area (Å²) >= 11 is 1.65. The van der Waals surface area contributed by atoms with Crippen molar-refractivity contribution in [2.24, 2.45) is 5.10 Å². The maximum Gasteiger partial charge on any atom is 0.125 e. The lowest BCUT2D eigenvalue weighted by molar-refractivity contribution is 0.844. The number of nitrogens with zero attached hydrogens (tertiary/aromatic N) is 5. The van der Waals surface area contributed by atoms with E-state index in [0.29, 0.717) is 0 Å². The van der Waals surface area contributed by atoms with E-state index in [4.69, 9.17) is 9.97 Å². The molecular weight excluding hydrogens is 344 g/mol. The third kappa shape index (κ3) is 2.94. The van der Waals surface area contributed by atoms with Crippen LogP contribution in [0, 0.1) is 6.92 Å². The van der Waals surface area contributed by atoms with Crippen LogP contribution in [-0.2, 0) is 0 Å². The molecule has 3 aromatic heterocycles. The van der Waals surface area contributed by atoms with Crippen molar-refractivity contribution < 1.29 is 0 Å². The first-order valence-corrected chi connectivity index (χ1v) is 9.33. The van der Waals surface area contributed by atoms with Crippen LogP contribution < -0.4 is 10.3 Å². The average molecular weight is 364 g/mol. The number of hydrogen-bond acceptors (Lipinski definition) is 7. The Hall–Kier alpha value is -2.80. The molecule has 1 aliphatic heterocycles. The maximum atomic E-state index is 4.94. The van der Waals surface area contributed by atoms with Crippen molar-refractivity contribution in [3.63, 3.8) is 0 Å². The van der Waals surface area contributed by atoms with Crippen molar-refractivity contribution in [3.05, 3.63) is 48.0 Å².